The Morgan fingerprint density at radius 3 is 2.63 bits per heavy atom. The molecule has 0 saturated carbocycles. The van der Waals surface area contributed by atoms with Gasteiger partial charge in [0, 0.05) is 5.56 Å². The van der Waals surface area contributed by atoms with E-state index in [1.807, 2.05) is 0 Å². The van der Waals surface area contributed by atoms with E-state index in [9.17, 15) is 14.7 Å². The largest absolute Gasteiger partial charge is 0.506 e. The summed E-state index contributed by atoms with van der Waals surface area (Å²) in [6.45, 7) is 0. The minimum absolute atomic E-state index is 0.0480. The number of phenols is 1. The number of halogens is 1. The van der Waals surface area contributed by atoms with Gasteiger partial charge in [-0.05, 0) is 60.3 Å². The lowest BCUT2D eigenvalue weighted by Crippen LogP contribution is -2.44. The van der Waals surface area contributed by atoms with E-state index in [1.165, 1.54) is 19.2 Å². The van der Waals surface area contributed by atoms with Crippen molar-refractivity contribution < 1.29 is 19.4 Å². The Morgan fingerprint density at radius 2 is 2.00 bits per heavy atom. The number of benzene rings is 2. The zero-order valence-electron chi connectivity index (χ0n) is 13.9. The molecule has 3 rings (SSSR count). The van der Waals surface area contributed by atoms with E-state index in [2.05, 4.69) is 5.43 Å². The molecule has 1 aliphatic rings. The number of thiocarbonyl (C=S) groups is 1. The van der Waals surface area contributed by atoms with Crippen LogP contribution in [0, 0.1) is 0 Å². The second kappa shape index (κ2) is 7.99. The van der Waals surface area contributed by atoms with Crippen LogP contribution < -0.4 is 10.2 Å². The lowest BCUT2D eigenvalue weighted by atomic mass is 10.2. The van der Waals surface area contributed by atoms with Crippen LogP contribution in [0.4, 0.5) is 0 Å². The van der Waals surface area contributed by atoms with Crippen LogP contribution in [0.1, 0.15) is 15.9 Å². The van der Waals surface area contributed by atoms with Gasteiger partial charge < -0.3 is 9.84 Å². The van der Waals surface area contributed by atoms with Gasteiger partial charge in [0.2, 0.25) is 0 Å². The molecular formula is C18H13ClN2O4S2. The maximum atomic E-state index is 12.6. The van der Waals surface area contributed by atoms with Crippen molar-refractivity contribution in [2.75, 3.05) is 7.11 Å². The number of hydrazine groups is 1. The summed E-state index contributed by atoms with van der Waals surface area (Å²) >= 11 is 12.1. The molecule has 2 N–H and O–H groups in total. The molecule has 0 unspecified atom stereocenters. The maximum Gasteiger partial charge on any atom is 0.285 e. The fourth-order valence-corrected chi connectivity index (χ4v) is 3.61. The van der Waals surface area contributed by atoms with Crippen LogP contribution in [0.15, 0.2) is 47.4 Å². The summed E-state index contributed by atoms with van der Waals surface area (Å²) < 4.78 is 5.26. The van der Waals surface area contributed by atoms with Crippen LogP contribution in [0.3, 0.4) is 0 Å². The van der Waals surface area contributed by atoms with E-state index in [-0.39, 0.29) is 15.1 Å². The predicted molar refractivity (Wildman–Crippen MR) is 109 cm³/mol. The number of methoxy groups -OCH3 is 1. The minimum Gasteiger partial charge on any atom is -0.506 e. The first-order chi connectivity index (χ1) is 12.9. The monoisotopic (exact) mass is 420 g/mol. The van der Waals surface area contributed by atoms with E-state index in [1.54, 1.807) is 36.4 Å². The van der Waals surface area contributed by atoms with Gasteiger partial charge in [0.25, 0.3) is 11.8 Å². The average molecular weight is 421 g/mol. The van der Waals surface area contributed by atoms with E-state index < -0.39 is 11.8 Å². The Kier molecular flexibility index (Phi) is 5.69. The fraction of sp³-hybridized carbons (Fsp3) is 0.0556. The molecular weight excluding hydrogens is 408 g/mol. The highest BCUT2D eigenvalue weighted by molar-refractivity contribution is 8.26. The third-order valence-electron chi connectivity index (χ3n) is 3.63. The van der Waals surface area contributed by atoms with Crippen molar-refractivity contribution in [1.29, 1.82) is 0 Å². The van der Waals surface area contributed by atoms with Gasteiger partial charge in [-0.25, -0.2) is 0 Å². The Morgan fingerprint density at radius 1 is 1.30 bits per heavy atom. The number of phenolic OH excluding ortho intramolecular Hbond substituents is 1. The summed E-state index contributed by atoms with van der Waals surface area (Å²) in [5.74, 6) is -0.347. The number of nitrogens with zero attached hydrogens (tertiary/aromatic N) is 1. The highest BCUT2D eigenvalue weighted by Gasteiger charge is 2.33. The first-order valence-electron chi connectivity index (χ1n) is 7.60. The van der Waals surface area contributed by atoms with E-state index >= 15 is 0 Å². The molecule has 27 heavy (non-hydrogen) atoms. The lowest BCUT2D eigenvalue weighted by Gasteiger charge is -2.15. The van der Waals surface area contributed by atoms with Crippen LogP contribution in [-0.4, -0.2) is 33.4 Å². The highest BCUT2D eigenvalue weighted by Crippen LogP contribution is 2.33. The van der Waals surface area contributed by atoms with E-state index in [0.717, 1.165) is 16.8 Å². The van der Waals surface area contributed by atoms with Crippen LogP contribution in [0.2, 0.25) is 5.02 Å². The van der Waals surface area contributed by atoms with Gasteiger partial charge in [-0.1, -0.05) is 29.4 Å². The minimum atomic E-state index is -0.470. The maximum absolute atomic E-state index is 12.6. The first kappa shape index (κ1) is 19.2. The number of hydrogen-bond acceptors (Lipinski definition) is 6. The number of hydrogen-bond donors (Lipinski definition) is 2. The third kappa shape index (κ3) is 4.24. The van der Waals surface area contributed by atoms with Crippen molar-refractivity contribution in [3.05, 3.63) is 63.5 Å². The van der Waals surface area contributed by atoms with Gasteiger partial charge in [-0.15, -0.1) is 0 Å². The molecule has 0 aliphatic carbocycles. The normalized spacial score (nSPS) is 15.3. The van der Waals surface area contributed by atoms with Crippen molar-refractivity contribution in [3.63, 3.8) is 0 Å². The zero-order chi connectivity index (χ0) is 19.6. The lowest BCUT2D eigenvalue weighted by molar-refractivity contribution is -0.123. The van der Waals surface area contributed by atoms with Gasteiger partial charge in [-0.2, -0.15) is 5.01 Å². The highest BCUT2D eigenvalue weighted by atomic mass is 35.5. The summed E-state index contributed by atoms with van der Waals surface area (Å²) in [7, 11) is 1.53. The summed E-state index contributed by atoms with van der Waals surface area (Å²) in [6.07, 6.45) is 1.59. The van der Waals surface area contributed by atoms with Crippen molar-refractivity contribution in [2.24, 2.45) is 0 Å². The SMILES string of the molecule is COc1ccc(C(=O)NN2C(=O)C(=Cc3ccc(O)c(Cl)c3)SC2=S)cc1. The fourth-order valence-electron chi connectivity index (χ4n) is 2.24. The predicted octanol–water partition coefficient (Wildman–Crippen LogP) is 3.60. The molecule has 2 aromatic carbocycles. The number of thioether (sulfide) groups is 1. The number of amides is 2. The number of carbonyl (C=O) groups is 2. The molecule has 0 bridgehead atoms. The van der Waals surface area contributed by atoms with Crippen molar-refractivity contribution in [3.8, 4) is 11.5 Å². The molecule has 1 heterocycles. The summed E-state index contributed by atoms with van der Waals surface area (Å²) in [5, 5.41) is 10.7. The summed E-state index contributed by atoms with van der Waals surface area (Å²) in [5.41, 5.74) is 3.49. The zero-order valence-corrected chi connectivity index (χ0v) is 16.3. The molecule has 2 amide bonds. The molecule has 1 saturated heterocycles. The molecule has 6 nitrogen and oxygen atoms in total. The van der Waals surface area contributed by atoms with Gasteiger partial charge in [0.05, 0.1) is 17.0 Å². The third-order valence-corrected chi connectivity index (χ3v) is 5.23. The van der Waals surface area contributed by atoms with E-state index in [4.69, 9.17) is 28.6 Å². The van der Waals surface area contributed by atoms with Crippen molar-refractivity contribution in [1.82, 2.24) is 10.4 Å². The topological polar surface area (TPSA) is 78.9 Å². The Balaban J connectivity index is 1.76. The van der Waals surface area contributed by atoms with Crippen molar-refractivity contribution in [2.45, 2.75) is 0 Å². The number of carbonyl (C=O) groups excluding carboxylic acids is 2. The molecule has 0 atom stereocenters. The van der Waals surface area contributed by atoms with Gasteiger partial charge in [0.15, 0.2) is 4.32 Å². The summed E-state index contributed by atoms with van der Waals surface area (Å²) in [4.78, 5) is 25.3. The Labute approximate surface area is 169 Å². The van der Waals surface area contributed by atoms with Crippen LogP contribution in [-0.2, 0) is 4.79 Å². The first-order valence-corrected chi connectivity index (χ1v) is 9.21. The van der Waals surface area contributed by atoms with Gasteiger partial charge in [-0.3, -0.25) is 15.0 Å². The number of rotatable bonds is 4. The van der Waals surface area contributed by atoms with Crippen LogP contribution in [0.5, 0.6) is 11.5 Å². The molecule has 0 spiro atoms. The smallest absolute Gasteiger partial charge is 0.285 e. The molecule has 0 aromatic heterocycles. The molecule has 9 heteroatoms. The number of nitrogens with one attached hydrogen (secondary N) is 1. The quantitative estimate of drug-likeness (QED) is 0.581. The molecule has 1 fully saturated rings. The standard InChI is InChI=1S/C18H13ClN2O4S2/c1-25-12-5-3-11(4-6-12)16(23)20-21-17(24)15(27-18(21)26)9-10-2-7-14(22)13(19)8-10/h2-9,22H,1H3,(H,20,23). The number of ether oxygens (including phenoxy) is 1. The van der Waals surface area contributed by atoms with Gasteiger partial charge >= 0.3 is 0 Å². The van der Waals surface area contributed by atoms with Gasteiger partial charge in [0.1, 0.15) is 11.5 Å². The molecule has 1 aliphatic heterocycles. The average Bonchev–Trinajstić information content (AvgIpc) is 2.92. The number of aromatic hydroxyl groups is 1. The molecule has 138 valence electrons. The van der Waals surface area contributed by atoms with Crippen LogP contribution in [0.25, 0.3) is 6.08 Å². The van der Waals surface area contributed by atoms with E-state index in [0.29, 0.717) is 21.8 Å². The second-order valence-electron chi connectivity index (χ2n) is 5.40. The molecule has 0 radical (unpaired) electrons. The Bertz CT molecular complexity index is 960. The molecule has 2 aromatic rings. The second-order valence-corrected chi connectivity index (χ2v) is 7.48. The Hall–Kier alpha value is -2.55. The van der Waals surface area contributed by atoms with Crippen molar-refractivity contribution >= 4 is 57.8 Å². The summed E-state index contributed by atoms with van der Waals surface area (Å²) in [6, 6.07) is 11.0. The van der Waals surface area contributed by atoms with Crippen LogP contribution >= 0.6 is 35.6 Å².